The molecule has 88 valence electrons. The van der Waals surface area contributed by atoms with Crippen molar-refractivity contribution in [2.24, 2.45) is 0 Å². The molecule has 2 rings (SSSR count). The van der Waals surface area contributed by atoms with Gasteiger partial charge in [-0.25, -0.2) is 4.98 Å². The molecule has 1 heterocycles. The van der Waals surface area contributed by atoms with Gasteiger partial charge in [0.25, 0.3) is 0 Å². The number of ether oxygens (including phenoxy) is 1. The number of rotatable bonds is 3. The largest absolute Gasteiger partial charge is 0.496 e. The summed E-state index contributed by atoms with van der Waals surface area (Å²) >= 11 is 7.26. The molecule has 0 saturated heterocycles. The van der Waals surface area contributed by atoms with Crippen LogP contribution in [-0.2, 0) is 0 Å². The second-order valence-electron chi connectivity index (χ2n) is 3.44. The smallest absolute Gasteiger partial charge is 0.188 e. The zero-order valence-corrected chi connectivity index (χ0v) is 10.9. The van der Waals surface area contributed by atoms with Gasteiger partial charge in [0.1, 0.15) is 5.75 Å². The Morgan fingerprint density at radius 3 is 2.82 bits per heavy atom. The van der Waals surface area contributed by atoms with E-state index in [0.717, 1.165) is 5.56 Å². The molecule has 0 radical (unpaired) electrons. The second kappa shape index (κ2) is 4.85. The maximum absolute atomic E-state index is 11.2. The van der Waals surface area contributed by atoms with Gasteiger partial charge in [-0.15, -0.1) is 11.3 Å². The van der Waals surface area contributed by atoms with Crippen LogP contribution in [0.5, 0.6) is 5.75 Å². The normalized spacial score (nSPS) is 10.3. The van der Waals surface area contributed by atoms with Crippen molar-refractivity contribution in [1.82, 2.24) is 4.98 Å². The van der Waals surface area contributed by atoms with Crippen molar-refractivity contribution in [3.05, 3.63) is 33.6 Å². The van der Waals surface area contributed by atoms with Crippen LogP contribution in [0.3, 0.4) is 0 Å². The third-order valence-electron chi connectivity index (χ3n) is 2.24. The van der Waals surface area contributed by atoms with Gasteiger partial charge in [-0.05, 0) is 18.2 Å². The molecule has 0 N–H and O–H groups in total. The minimum Gasteiger partial charge on any atom is -0.496 e. The van der Waals surface area contributed by atoms with Gasteiger partial charge in [-0.2, -0.15) is 0 Å². The zero-order valence-electron chi connectivity index (χ0n) is 9.36. The van der Waals surface area contributed by atoms with Crippen LogP contribution in [0.1, 0.15) is 16.7 Å². The SMILES string of the molecule is COc1ccc(Cl)cc1-c1csc(C(C)=O)n1. The first-order valence-electron chi connectivity index (χ1n) is 4.92. The summed E-state index contributed by atoms with van der Waals surface area (Å²) in [5, 5.41) is 2.92. The summed E-state index contributed by atoms with van der Waals surface area (Å²) in [5.41, 5.74) is 1.50. The lowest BCUT2D eigenvalue weighted by Crippen LogP contribution is -1.91. The molecule has 0 aliphatic heterocycles. The molecule has 0 spiro atoms. The van der Waals surface area contributed by atoms with Crippen LogP contribution < -0.4 is 4.74 Å². The van der Waals surface area contributed by atoms with Gasteiger partial charge in [-0.1, -0.05) is 11.6 Å². The number of aromatic nitrogens is 1. The zero-order chi connectivity index (χ0) is 12.4. The summed E-state index contributed by atoms with van der Waals surface area (Å²) < 4.78 is 5.25. The number of hydrogen-bond acceptors (Lipinski definition) is 4. The lowest BCUT2D eigenvalue weighted by molar-refractivity contribution is 0.101. The number of hydrogen-bond donors (Lipinski definition) is 0. The van der Waals surface area contributed by atoms with Crippen LogP contribution in [0.15, 0.2) is 23.6 Å². The summed E-state index contributed by atoms with van der Waals surface area (Å²) in [7, 11) is 1.59. The minimum absolute atomic E-state index is 0.0396. The Morgan fingerprint density at radius 1 is 1.47 bits per heavy atom. The molecule has 17 heavy (non-hydrogen) atoms. The Hall–Kier alpha value is -1.39. The molecule has 0 atom stereocenters. The van der Waals surface area contributed by atoms with E-state index < -0.39 is 0 Å². The molecule has 1 aromatic heterocycles. The lowest BCUT2D eigenvalue weighted by Gasteiger charge is -2.06. The van der Waals surface area contributed by atoms with Crippen molar-refractivity contribution >= 4 is 28.7 Å². The third kappa shape index (κ3) is 2.48. The number of halogens is 1. The average molecular weight is 268 g/mol. The summed E-state index contributed by atoms with van der Waals surface area (Å²) in [6.07, 6.45) is 0. The van der Waals surface area contributed by atoms with E-state index in [1.54, 1.807) is 25.3 Å². The summed E-state index contributed by atoms with van der Waals surface area (Å²) in [5.74, 6) is 0.650. The first-order chi connectivity index (χ1) is 8.11. The van der Waals surface area contributed by atoms with Gasteiger partial charge < -0.3 is 4.74 Å². The monoisotopic (exact) mass is 267 g/mol. The number of nitrogens with zero attached hydrogens (tertiary/aromatic N) is 1. The molecule has 2 aromatic rings. The standard InChI is InChI=1S/C12H10ClNO2S/c1-7(15)12-14-10(6-17-12)9-5-8(13)3-4-11(9)16-2/h3-6H,1-2H3. The maximum Gasteiger partial charge on any atom is 0.188 e. The highest BCUT2D eigenvalue weighted by atomic mass is 35.5. The molecular weight excluding hydrogens is 258 g/mol. The van der Waals surface area contributed by atoms with Crippen molar-refractivity contribution in [3.8, 4) is 17.0 Å². The molecule has 0 fully saturated rings. The average Bonchev–Trinajstić information content (AvgIpc) is 2.78. The summed E-state index contributed by atoms with van der Waals surface area (Å²) in [4.78, 5) is 15.5. The van der Waals surface area contributed by atoms with Gasteiger partial charge >= 0.3 is 0 Å². The molecular formula is C12H10ClNO2S. The van der Waals surface area contributed by atoms with Crippen LogP contribution in [0.4, 0.5) is 0 Å². The van der Waals surface area contributed by atoms with Crippen molar-refractivity contribution < 1.29 is 9.53 Å². The fourth-order valence-electron chi connectivity index (χ4n) is 1.44. The van der Waals surface area contributed by atoms with E-state index >= 15 is 0 Å². The quantitative estimate of drug-likeness (QED) is 0.797. The minimum atomic E-state index is -0.0396. The van der Waals surface area contributed by atoms with Crippen LogP contribution in [0.2, 0.25) is 5.02 Å². The molecule has 1 aromatic carbocycles. The predicted octanol–water partition coefficient (Wildman–Crippen LogP) is 3.67. The Morgan fingerprint density at radius 2 is 2.24 bits per heavy atom. The lowest BCUT2D eigenvalue weighted by atomic mass is 10.1. The van der Waals surface area contributed by atoms with Crippen LogP contribution in [0, 0.1) is 0 Å². The van der Waals surface area contributed by atoms with Crippen molar-refractivity contribution in [2.75, 3.05) is 7.11 Å². The highest BCUT2D eigenvalue weighted by Crippen LogP contribution is 2.33. The number of Topliss-reactive ketones (excluding diaryl/α,β-unsaturated/α-hetero) is 1. The molecule has 0 aliphatic carbocycles. The Balaban J connectivity index is 2.51. The van der Waals surface area contributed by atoms with E-state index in [4.69, 9.17) is 16.3 Å². The molecule has 0 saturated carbocycles. The Kier molecular flexibility index (Phi) is 3.45. The first kappa shape index (κ1) is 12.1. The molecule has 0 unspecified atom stereocenters. The summed E-state index contributed by atoms with van der Waals surface area (Å²) in [6.45, 7) is 1.50. The van der Waals surface area contributed by atoms with E-state index in [0.29, 0.717) is 21.5 Å². The first-order valence-corrected chi connectivity index (χ1v) is 6.18. The fourth-order valence-corrected chi connectivity index (χ4v) is 2.33. The Bertz CT molecular complexity index is 565. The van der Waals surface area contributed by atoms with Crippen molar-refractivity contribution in [2.45, 2.75) is 6.92 Å². The van der Waals surface area contributed by atoms with Gasteiger partial charge in [0.05, 0.1) is 12.8 Å². The third-order valence-corrected chi connectivity index (χ3v) is 3.42. The number of benzene rings is 1. The topological polar surface area (TPSA) is 39.2 Å². The van der Waals surface area contributed by atoms with E-state index in [2.05, 4.69) is 4.98 Å². The van der Waals surface area contributed by atoms with Gasteiger partial charge in [-0.3, -0.25) is 4.79 Å². The molecule has 0 bridgehead atoms. The molecule has 5 heteroatoms. The number of ketones is 1. The van der Waals surface area contributed by atoms with Gasteiger partial charge in [0, 0.05) is 22.9 Å². The number of carbonyl (C=O) groups is 1. The Labute approximate surface area is 108 Å². The van der Waals surface area contributed by atoms with Crippen molar-refractivity contribution in [3.63, 3.8) is 0 Å². The molecule has 0 amide bonds. The fraction of sp³-hybridized carbons (Fsp3) is 0.167. The van der Waals surface area contributed by atoms with E-state index in [1.807, 2.05) is 5.38 Å². The van der Waals surface area contributed by atoms with E-state index in [1.165, 1.54) is 18.3 Å². The predicted molar refractivity (Wildman–Crippen MR) is 69.1 cm³/mol. The van der Waals surface area contributed by atoms with Crippen LogP contribution in [-0.4, -0.2) is 17.9 Å². The number of carbonyl (C=O) groups excluding carboxylic acids is 1. The molecule has 3 nitrogen and oxygen atoms in total. The van der Waals surface area contributed by atoms with Crippen LogP contribution >= 0.6 is 22.9 Å². The highest BCUT2D eigenvalue weighted by Gasteiger charge is 2.12. The molecule has 0 aliphatic rings. The van der Waals surface area contributed by atoms with E-state index in [-0.39, 0.29) is 5.78 Å². The summed E-state index contributed by atoms with van der Waals surface area (Å²) in [6, 6.07) is 5.31. The van der Waals surface area contributed by atoms with Crippen LogP contribution in [0.25, 0.3) is 11.3 Å². The van der Waals surface area contributed by atoms with E-state index in [9.17, 15) is 4.79 Å². The maximum atomic E-state index is 11.2. The number of methoxy groups -OCH3 is 1. The van der Waals surface area contributed by atoms with Gasteiger partial charge in [0.2, 0.25) is 0 Å². The van der Waals surface area contributed by atoms with Crippen molar-refractivity contribution in [1.29, 1.82) is 0 Å². The second-order valence-corrected chi connectivity index (χ2v) is 4.73. The van der Waals surface area contributed by atoms with Gasteiger partial charge in [0.15, 0.2) is 10.8 Å². The number of thiazole rings is 1. The highest BCUT2D eigenvalue weighted by molar-refractivity contribution is 7.12.